The molecule has 2 saturated heterocycles. The minimum atomic E-state index is -1.78. The van der Waals surface area contributed by atoms with Crippen molar-refractivity contribution in [1.29, 1.82) is 0 Å². The first-order chi connectivity index (χ1) is 30.6. The van der Waals surface area contributed by atoms with E-state index in [1.54, 1.807) is 0 Å². The van der Waals surface area contributed by atoms with Crippen LogP contribution in [0.4, 0.5) is 0 Å². The summed E-state index contributed by atoms with van der Waals surface area (Å²) in [5.41, 5.74) is 0. The molecule has 63 heavy (non-hydrogen) atoms. The van der Waals surface area contributed by atoms with E-state index in [4.69, 9.17) is 18.9 Å². The number of carbonyl (C=O) groups excluding carboxylic acids is 1. The van der Waals surface area contributed by atoms with Gasteiger partial charge < -0.3 is 65.1 Å². The van der Waals surface area contributed by atoms with E-state index in [9.17, 15) is 45.6 Å². The fourth-order valence-corrected chi connectivity index (χ4v) is 8.83. The van der Waals surface area contributed by atoms with E-state index < -0.39 is 86.8 Å². The summed E-state index contributed by atoms with van der Waals surface area (Å²) in [6.07, 6.45) is 19.5. The fraction of sp³-hybridized carbons (Fsp3) is 0.980. The van der Waals surface area contributed by atoms with Gasteiger partial charge in [0.15, 0.2) is 12.6 Å². The van der Waals surface area contributed by atoms with Crippen LogP contribution in [0.15, 0.2) is 0 Å². The maximum absolute atomic E-state index is 13.2. The van der Waals surface area contributed by atoms with Crippen LogP contribution in [0.25, 0.3) is 0 Å². The van der Waals surface area contributed by atoms with Crippen molar-refractivity contribution < 1.29 is 64.6 Å². The molecule has 2 fully saturated rings. The van der Waals surface area contributed by atoms with Crippen LogP contribution in [0.5, 0.6) is 0 Å². The molecule has 0 spiro atoms. The summed E-state index contributed by atoms with van der Waals surface area (Å²) in [4.78, 5) is 13.2. The largest absolute Gasteiger partial charge is 0.394 e. The Labute approximate surface area is 381 Å². The van der Waals surface area contributed by atoms with Gasteiger partial charge in [-0.05, 0) is 12.8 Å². The van der Waals surface area contributed by atoms with Crippen molar-refractivity contribution in [1.82, 2.24) is 5.32 Å². The number of unbranched alkanes of at least 4 members (excludes halogenated alkanes) is 27. The molecule has 0 aromatic rings. The van der Waals surface area contributed by atoms with Crippen molar-refractivity contribution in [2.75, 3.05) is 19.8 Å². The van der Waals surface area contributed by atoms with Crippen molar-refractivity contribution in [3.05, 3.63) is 0 Å². The Balaban J connectivity index is 1.83. The number of amides is 1. The van der Waals surface area contributed by atoms with Crippen LogP contribution >= 0.6 is 0 Å². The van der Waals surface area contributed by atoms with Gasteiger partial charge in [0.05, 0.1) is 32.0 Å². The first-order valence-corrected chi connectivity index (χ1v) is 25.8. The highest BCUT2D eigenvalue weighted by molar-refractivity contribution is 5.76. The molecule has 0 aromatic heterocycles. The second-order valence-electron chi connectivity index (χ2n) is 18.7. The molecule has 2 aliphatic heterocycles. The molecular weight excluding hydrogens is 811 g/mol. The van der Waals surface area contributed by atoms with Crippen molar-refractivity contribution >= 4 is 5.91 Å². The van der Waals surface area contributed by atoms with Gasteiger partial charge in [-0.25, -0.2) is 0 Å². The minimum absolute atomic E-state index is 0.204. The fourth-order valence-electron chi connectivity index (χ4n) is 8.83. The molecule has 14 heteroatoms. The highest BCUT2D eigenvalue weighted by Gasteiger charge is 2.51. The Morgan fingerprint density at radius 3 is 1.35 bits per heavy atom. The maximum Gasteiger partial charge on any atom is 0.220 e. The predicted molar refractivity (Wildman–Crippen MR) is 245 cm³/mol. The van der Waals surface area contributed by atoms with Crippen LogP contribution in [0.3, 0.4) is 0 Å². The molecule has 0 saturated carbocycles. The SMILES string of the molecule is CCCCCCCCCCCCCCCCCC(=O)N[C@@H](CO[C@@H]1O[C@H](CO)[C@@H](O[C@@H]2O[C@H](CO)[C@H](O)C(O)C2O)C(O)C1O)[C@H](O)CCCCCCCCCCCCCCCC. The highest BCUT2D eigenvalue weighted by Crippen LogP contribution is 2.30. The van der Waals surface area contributed by atoms with Crippen molar-refractivity contribution in [2.45, 2.75) is 286 Å². The molecule has 0 aliphatic carbocycles. The number of rotatable bonds is 40. The maximum atomic E-state index is 13.2. The number of carbonyl (C=O) groups is 1. The van der Waals surface area contributed by atoms with Gasteiger partial charge in [0.25, 0.3) is 0 Å². The molecule has 4 unspecified atom stereocenters. The lowest BCUT2D eigenvalue weighted by molar-refractivity contribution is -0.359. The lowest BCUT2D eigenvalue weighted by atomic mass is 9.97. The quantitative estimate of drug-likeness (QED) is 0.0296. The van der Waals surface area contributed by atoms with Gasteiger partial charge in [0, 0.05) is 6.42 Å². The number of hydrogen-bond donors (Lipinski definition) is 9. The van der Waals surface area contributed by atoms with Gasteiger partial charge in [-0.3, -0.25) is 4.79 Å². The van der Waals surface area contributed by atoms with Crippen LogP contribution in [0.1, 0.15) is 213 Å². The van der Waals surface area contributed by atoms with Gasteiger partial charge >= 0.3 is 0 Å². The molecule has 2 rings (SSSR count). The normalized spacial score (nSPS) is 27.4. The molecule has 1 amide bonds. The number of aliphatic hydroxyl groups is 8. The second kappa shape index (κ2) is 37.0. The van der Waals surface area contributed by atoms with E-state index in [1.165, 1.54) is 135 Å². The molecular formula is C49H95NO13. The minimum Gasteiger partial charge on any atom is -0.394 e. The summed E-state index contributed by atoms with van der Waals surface area (Å²) in [7, 11) is 0. The van der Waals surface area contributed by atoms with Gasteiger partial charge in [-0.15, -0.1) is 0 Å². The molecule has 0 radical (unpaired) electrons. The third kappa shape index (κ3) is 24.5. The number of ether oxygens (including phenoxy) is 4. The first-order valence-electron chi connectivity index (χ1n) is 25.8. The second-order valence-corrected chi connectivity index (χ2v) is 18.7. The molecule has 374 valence electrons. The zero-order valence-corrected chi connectivity index (χ0v) is 39.6. The van der Waals surface area contributed by atoms with Gasteiger partial charge in [-0.1, -0.05) is 194 Å². The molecule has 14 nitrogen and oxygen atoms in total. The van der Waals surface area contributed by atoms with Crippen molar-refractivity contribution in [3.63, 3.8) is 0 Å². The Morgan fingerprint density at radius 1 is 0.508 bits per heavy atom. The summed E-state index contributed by atoms with van der Waals surface area (Å²) >= 11 is 0. The van der Waals surface area contributed by atoms with Crippen LogP contribution in [0, 0.1) is 0 Å². The van der Waals surface area contributed by atoms with Gasteiger partial charge in [0.2, 0.25) is 5.91 Å². The summed E-state index contributed by atoms with van der Waals surface area (Å²) in [6, 6.07) is -0.820. The molecule has 12 atom stereocenters. The highest BCUT2D eigenvalue weighted by atomic mass is 16.7. The Morgan fingerprint density at radius 2 is 0.905 bits per heavy atom. The number of aliphatic hydroxyl groups excluding tert-OH is 8. The van der Waals surface area contributed by atoms with Gasteiger partial charge in [-0.2, -0.15) is 0 Å². The van der Waals surface area contributed by atoms with Crippen LogP contribution < -0.4 is 5.32 Å². The van der Waals surface area contributed by atoms with E-state index in [2.05, 4.69) is 19.2 Å². The summed E-state index contributed by atoms with van der Waals surface area (Å²) < 4.78 is 22.7. The summed E-state index contributed by atoms with van der Waals surface area (Å²) in [5.74, 6) is -0.204. The van der Waals surface area contributed by atoms with E-state index in [-0.39, 0.29) is 12.5 Å². The van der Waals surface area contributed by atoms with Crippen molar-refractivity contribution in [2.24, 2.45) is 0 Å². The molecule has 2 aliphatic rings. The molecule has 0 bridgehead atoms. The average molecular weight is 906 g/mol. The van der Waals surface area contributed by atoms with Crippen molar-refractivity contribution in [3.8, 4) is 0 Å². The van der Waals surface area contributed by atoms with Crippen LogP contribution in [-0.4, -0.2) is 140 Å². The molecule has 0 aromatic carbocycles. The van der Waals surface area contributed by atoms with Crippen LogP contribution in [-0.2, 0) is 23.7 Å². The Kier molecular flexibility index (Phi) is 34.2. The standard InChI is InChI=1S/C49H95NO13/c1-3-5-7-9-11-13-15-17-19-21-23-25-27-29-31-33-41(54)50-37(38(53)32-30-28-26-24-22-20-18-16-14-12-10-8-6-4-2)36-60-48-46(59)44(57)47(40(35-52)62-48)63-49-45(58)43(56)42(55)39(34-51)61-49/h37-40,42-49,51-53,55-59H,3-36H2,1-2H3,(H,50,54)/t37-,38+,39+,40+,42-,43?,44?,45?,46?,47+,48+,49-/m0/s1. The Bertz CT molecular complexity index is 1070. The third-order valence-corrected chi connectivity index (χ3v) is 13.1. The average Bonchev–Trinajstić information content (AvgIpc) is 3.28. The van der Waals surface area contributed by atoms with E-state index in [0.717, 1.165) is 51.4 Å². The lowest BCUT2D eigenvalue weighted by Crippen LogP contribution is -2.65. The topological polar surface area (TPSA) is 228 Å². The molecule has 2 heterocycles. The lowest BCUT2D eigenvalue weighted by Gasteiger charge is -2.46. The third-order valence-electron chi connectivity index (χ3n) is 13.1. The summed E-state index contributed by atoms with van der Waals surface area (Å²) in [6.45, 7) is 2.86. The zero-order valence-electron chi connectivity index (χ0n) is 39.6. The monoisotopic (exact) mass is 906 g/mol. The first kappa shape index (κ1) is 58.1. The molecule has 9 N–H and O–H groups in total. The van der Waals surface area contributed by atoms with E-state index >= 15 is 0 Å². The Hall–Kier alpha value is -1.01. The zero-order chi connectivity index (χ0) is 46.1. The van der Waals surface area contributed by atoms with Crippen LogP contribution in [0.2, 0.25) is 0 Å². The van der Waals surface area contributed by atoms with E-state index in [1.807, 2.05) is 0 Å². The predicted octanol–water partition coefficient (Wildman–Crippen LogP) is 6.61. The number of nitrogens with one attached hydrogen (secondary N) is 1. The number of hydrogen-bond acceptors (Lipinski definition) is 13. The smallest absolute Gasteiger partial charge is 0.220 e. The van der Waals surface area contributed by atoms with E-state index in [0.29, 0.717) is 12.8 Å². The van der Waals surface area contributed by atoms with Gasteiger partial charge in [0.1, 0.15) is 48.8 Å². The summed E-state index contributed by atoms with van der Waals surface area (Å²) in [5, 5.41) is 86.9.